The SMILES string of the molecule is NC(=O)CC(=O)c1ccccc1I. The molecule has 1 aromatic carbocycles. The van der Waals surface area contributed by atoms with Crippen LogP contribution in [0, 0.1) is 3.57 Å². The normalized spacial score (nSPS) is 9.62. The Morgan fingerprint density at radius 3 is 2.46 bits per heavy atom. The van der Waals surface area contributed by atoms with E-state index in [9.17, 15) is 9.59 Å². The second-order valence-electron chi connectivity index (χ2n) is 2.55. The Bertz CT molecular complexity index is 349. The number of Topliss-reactive ketones (excluding diaryl/α,β-unsaturated/α-hetero) is 1. The number of hydrogen-bond donors (Lipinski definition) is 1. The number of primary amides is 1. The Hall–Kier alpha value is -0.910. The van der Waals surface area contributed by atoms with Gasteiger partial charge in [-0.25, -0.2) is 0 Å². The number of carbonyl (C=O) groups excluding carboxylic acids is 2. The fourth-order valence-corrected chi connectivity index (χ4v) is 1.63. The van der Waals surface area contributed by atoms with Crippen LogP contribution in [0.2, 0.25) is 0 Å². The first kappa shape index (κ1) is 10.2. The first-order chi connectivity index (χ1) is 6.11. The summed E-state index contributed by atoms with van der Waals surface area (Å²) in [5.74, 6) is -0.817. The number of hydrogen-bond acceptors (Lipinski definition) is 2. The number of amides is 1. The molecule has 0 saturated heterocycles. The smallest absolute Gasteiger partial charge is 0.225 e. The van der Waals surface area contributed by atoms with Crippen molar-refractivity contribution in [2.24, 2.45) is 5.73 Å². The molecule has 0 aliphatic rings. The molecule has 0 aromatic heterocycles. The van der Waals surface area contributed by atoms with Gasteiger partial charge in [0.05, 0.1) is 6.42 Å². The van der Waals surface area contributed by atoms with Crippen LogP contribution in [0.25, 0.3) is 0 Å². The van der Waals surface area contributed by atoms with Crippen molar-refractivity contribution in [3.63, 3.8) is 0 Å². The predicted molar refractivity (Wildman–Crippen MR) is 57.3 cm³/mol. The van der Waals surface area contributed by atoms with E-state index in [4.69, 9.17) is 5.73 Å². The summed E-state index contributed by atoms with van der Waals surface area (Å²) in [5, 5.41) is 0. The van der Waals surface area contributed by atoms with Crippen molar-refractivity contribution in [1.82, 2.24) is 0 Å². The van der Waals surface area contributed by atoms with Crippen LogP contribution in [0.1, 0.15) is 16.8 Å². The lowest BCUT2D eigenvalue weighted by atomic mass is 10.1. The first-order valence-electron chi connectivity index (χ1n) is 3.67. The van der Waals surface area contributed by atoms with Crippen LogP contribution in [-0.4, -0.2) is 11.7 Å². The maximum atomic E-state index is 11.4. The minimum atomic E-state index is -0.593. The van der Waals surface area contributed by atoms with E-state index in [1.807, 2.05) is 34.7 Å². The van der Waals surface area contributed by atoms with E-state index in [0.717, 1.165) is 3.57 Å². The molecule has 0 spiro atoms. The van der Waals surface area contributed by atoms with Crippen molar-refractivity contribution in [2.45, 2.75) is 6.42 Å². The highest BCUT2D eigenvalue weighted by Crippen LogP contribution is 2.13. The second-order valence-corrected chi connectivity index (χ2v) is 3.71. The number of ketones is 1. The molecule has 4 heteroatoms. The topological polar surface area (TPSA) is 60.2 Å². The first-order valence-corrected chi connectivity index (χ1v) is 4.75. The van der Waals surface area contributed by atoms with E-state index < -0.39 is 5.91 Å². The van der Waals surface area contributed by atoms with Crippen LogP contribution in [-0.2, 0) is 4.79 Å². The summed E-state index contributed by atoms with van der Waals surface area (Å²) in [7, 11) is 0. The summed E-state index contributed by atoms with van der Waals surface area (Å²) in [5.41, 5.74) is 5.48. The van der Waals surface area contributed by atoms with Gasteiger partial charge >= 0.3 is 0 Å². The highest BCUT2D eigenvalue weighted by Gasteiger charge is 2.11. The number of carbonyl (C=O) groups is 2. The van der Waals surface area contributed by atoms with Gasteiger partial charge in [0, 0.05) is 9.13 Å². The standard InChI is InChI=1S/C9H8INO2/c10-7-4-2-1-3-6(7)8(12)5-9(11)13/h1-4H,5H2,(H2,11,13). The highest BCUT2D eigenvalue weighted by molar-refractivity contribution is 14.1. The zero-order chi connectivity index (χ0) is 9.84. The summed E-state index contributed by atoms with van der Waals surface area (Å²) in [6.45, 7) is 0. The van der Waals surface area contributed by atoms with Crippen molar-refractivity contribution in [2.75, 3.05) is 0 Å². The van der Waals surface area contributed by atoms with E-state index in [2.05, 4.69) is 0 Å². The lowest BCUT2D eigenvalue weighted by Crippen LogP contribution is -2.16. The average Bonchev–Trinajstić information content (AvgIpc) is 2.03. The third-order valence-electron chi connectivity index (χ3n) is 1.51. The molecule has 1 aromatic rings. The van der Waals surface area contributed by atoms with Gasteiger partial charge in [0.15, 0.2) is 5.78 Å². The Balaban J connectivity index is 2.89. The van der Waals surface area contributed by atoms with Gasteiger partial charge in [-0.05, 0) is 28.7 Å². The van der Waals surface area contributed by atoms with Crippen LogP contribution in [0.3, 0.4) is 0 Å². The predicted octanol–water partition coefficient (Wildman–Crippen LogP) is 1.35. The van der Waals surface area contributed by atoms with E-state index in [0.29, 0.717) is 5.56 Å². The molecule has 13 heavy (non-hydrogen) atoms. The van der Waals surface area contributed by atoms with Gasteiger partial charge in [0.1, 0.15) is 0 Å². The molecule has 3 nitrogen and oxygen atoms in total. The minimum Gasteiger partial charge on any atom is -0.369 e. The summed E-state index contributed by atoms with van der Waals surface area (Å²) >= 11 is 2.05. The third-order valence-corrected chi connectivity index (χ3v) is 2.45. The maximum absolute atomic E-state index is 11.4. The Kier molecular flexibility index (Phi) is 3.41. The molecule has 0 aliphatic carbocycles. The van der Waals surface area contributed by atoms with E-state index in [-0.39, 0.29) is 12.2 Å². The zero-order valence-electron chi connectivity index (χ0n) is 6.79. The quantitative estimate of drug-likeness (QED) is 0.518. The Labute approximate surface area is 89.5 Å². The lowest BCUT2D eigenvalue weighted by Gasteiger charge is -2.00. The summed E-state index contributed by atoms with van der Waals surface area (Å²) in [4.78, 5) is 21.9. The van der Waals surface area contributed by atoms with Gasteiger partial charge < -0.3 is 5.73 Å². The number of halogens is 1. The van der Waals surface area contributed by atoms with Gasteiger partial charge in [-0.15, -0.1) is 0 Å². The largest absolute Gasteiger partial charge is 0.369 e. The van der Waals surface area contributed by atoms with E-state index in [1.54, 1.807) is 12.1 Å². The zero-order valence-corrected chi connectivity index (χ0v) is 8.95. The molecular weight excluding hydrogens is 281 g/mol. The lowest BCUT2D eigenvalue weighted by molar-refractivity contribution is -0.117. The molecule has 0 heterocycles. The molecule has 0 saturated carbocycles. The molecule has 1 rings (SSSR count). The number of benzene rings is 1. The molecule has 0 aliphatic heterocycles. The van der Waals surface area contributed by atoms with E-state index >= 15 is 0 Å². The molecule has 0 radical (unpaired) electrons. The summed E-state index contributed by atoms with van der Waals surface area (Å²) < 4.78 is 0.839. The van der Waals surface area contributed by atoms with Gasteiger partial charge in [0.2, 0.25) is 5.91 Å². The molecular formula is C9H8INO2. The van der Waals surface area contributed by atoms with E-state index in [1.165, 1.54) is 0 Å². The number of nitrogens with two attached hydrogens (primary N) is 1. The van der Waals surface area contributed by atoms with Crippen molar-refractivity contribution in [3.8, 4) is 0 Å². The van der Waals surface area contributed by atoms with Gasteiger partial charge in [-0.3, -0.25) is 9.59 Å². The van der Waals surface area contributed by atoms with Gasteiger partial charge in [-0.2, -0.15) is 0 Å². The molecule has 0 bridgehead atoms. The second kappa shape index (κ2) is 4.36. The summed E-state index contributed by atoms with van der Waals surface area (Å²) in [6.07, 6.45) is -0.222. The van der Waals surface area contributed by atoms with Crippen LogP contribution in [0.15, 0.2) is 24.3 Å². The van der Waals surface area contributed by atoms with Crippen LogP contribution in [0.5, 0.6) is 0 Å². The van der Waals surface area contributed by atoms with Crippen LogP contribution >= 0.6 is 22.6 Å². The summed E-state index contributed by atoms with van der Waals surface area (Å²) in [6, 6.07) is 7.10. The fourth-order valence-electron chi connectivity index (χ4n) is 0.941. The molecule has 0 unspecified atom stereocenters. The van der Waals surface area contributed by atoms with Gasteiger partial charge in [0.25, 0.3) is 0 Å². The third kappa shape index (κ3) is 2.80. The van der Waals surface area contributed by atoms with Crippen molar-refractivity contribution in [3.05, 3.63) is 33.4 Å². The maximum Gasteiger partial charge on any atom is 0.225 e. The van der Waals surface area contributed by atoms with Crippen molar-refractivity contribution >= 4 is 34.3 Å². The molecule has 0 fully saturated rings. The minimum absolute atomic E-state index is 0.222. The average molecular weight is 289 g/mol. The van der Waals surface area contributed by atoms with Crippen molar-refractivity contribution in [1.29, 1.82) is 0 Å². The molecule has 1 amide bonds. The fraction of sp³-hybridized carbons (Fsp3) is 0.111. The van der Waals surface area contributed by atoms with Gasteiger partial charge in [-0.1, -0.05) is 18.2 Å². The molecule has 0 atom stereocenters. The van der Waals surface area contributed by atoms with Crippen LogP contribution < -0.4 is 5.73 Å². The highest BCUT2D eigenvalue weighted by atomic mass is 127. The Morgan fingerprint density at radius 1 is 1.31 bits per heavy atom. The molecule has 68 valence electrons. The molecule has 2 N–H and O–H groups in total. The monoisotopic (exact) mass is 289 g/mol. The Morgan fingerprint density at radius 2 is 1.92 bits per heavy atom. The van der Waals surface area contributed by atoms with Crippen LogP contribution in [0.4, 0.5) is 0 Å². The van der Waals surface area contributed by atoms with Crippen molar-refractivity contribution < 1.29 is 9.59 Å². The number of rotatable bonds is 3.